The summed E-state index contributed by atoms with van der Waals surface area (Å²) in [5, 5.41) is -0.0287. The van der Waals surface area contributed by atoms with Gasteiger partial charge in [0.2, 0.25) is 10.0 Å². The number of morpholine rings is 1. The van der Waals surface area contributed by atoms with Crippen LogP contribution in [0.1, 0.15) is 61.8 Å². The molecule has 3 aromatic rings. The summed E-state index contributed by atoms with van der Waals surface area (Å²) in [6.07, 6.45) is -4.88. The molecule has 0 aromatic heterocycles. The van der Waals surface area contributed by atoms with Crippen LogP contribution in [-0.2, 0) is 19.6 Å². The van der Waals surface area contributed by atoms with Crippen LogP contribution in [0, 0.1) is 11.7 Å². The van der Waals surface area contributed by atoms with Crippen molar-refractivity contribution in [3.05, 3.63) is 112 Å². The first-order chi connectivity index (χ1) is 22.7. The third-order valence-corrected chi connectivity index (χ3v) is 11.9. The number of rotatable bonds is 12. The zero-order valence-corrected chi connectivity index (χ0v) is 28.1. The first kappa shape index (κ1) is 34.7. The van der Waals surface area contributed by atoms with Gasteiger partial charge in [-0.25, -0.2) is 12.8 Å². The minimum Gasteiger partial charge on any atom is -0.354 e. The lowest BCUT2D eigenvalue weighted by molar-refractivity contribution is -0.239. The van der Waals surface area contributed by atoms with Gasteiger partial charge in [0.1, 0.15) is 11.9 Å². The van der Waals surface area contributed by atoms with Crippen LogP contribution < -0.4 is 4.31 Å². The Labute approximate surface area is 287 Å². The molecule has 0 spiro atoms. The Kier molecular flexibility index (Phi) is 9.63. The van der Waals surface area contributed by atoms with Crippen molar-refractivity contribution in [2.45, 2.75) is 73.7 Å². The van der Waals surface area contributed by atoms with Crippen molar-refractivity contribution in [2.75, 3.05) is 10.8 Å². The largest absolute Gasteiger partial charge is 0.392 e. The second-order valence-electron chi connectivity index (χ2n) is 12.7. The average molecular weight is 726 g/mol. The van der Waals surface area contributed by atoms with Crippen molar-refractivity contribution >= 4 is 44.8 Å². The molecule has 48 heavy (non-hydrogen) atoms. The normalized spacial score (nSPS) is 24.0. The fourth-order valence-electron chi connectivity index (χ4n) is 6.69. The molecule has 3 aliphatic rings. The highest BCUT2D eigenvalue weighted by atomic mass is 35.5. The minimum atomic E-state index is -4.82. The number of nitrogens with zero attached hydrogens (tertiary/aromatic N) is 2. The van der Waals surface area contributed by atoms with E-state index in [2.05, 4.69) is 6.58 Å². The Hall–Kier alpha value is -3.12. The van der Waals surface area contributed by atoms with Crippen LogP contribution in [0.5, 0.6) is 0 Å². The molecule has 1 heterocycles. The Balaban J connectivity index is 1.57. The molecule has 0 N–H and O–H groups in total. The van der Waals surface area contributed by atoms with Gasteiger partial charge in [-0.3, -0.25) is 9.10 Å². The number of amides is 1. The lowest BCUT2D eigenvalue weighted by Crippen LogP contribution is -2.64. The molecule has 256 valence electrons. The van der Waals surface area contributed by atoms with Crippen molar-refractivity contribution in [3.8, 4) is 0 Å². The topological polar surface area (TPSA) is 66.9 Å². The molecule has 13 heteroatoms. The van der Waals surface area contributed by atoms with Gasteiger partial charge in [0.25, 0.3) is 5.91 Å². The van der Waals surface area contributed by atoms with E-state index in [1.54, 1.807) is 48.5 Å². The van der Waals surface area contributed by atoms with Gasteiger partial charge in [-0.05, 0) is 79.1 Å². The maximum Gasteiger partial charge on any atom is 0.392 e. The van der Waals surface area contributed by atoms with Crippen LogP contribution in [0.15, 0.2) is 85.5 Å². The van der Waals surface area contributed by atoms with Crippen LogP contribution in [0.4, 0.5) is 23.2 Å². The summed E-state index contributed by atoms with van der Waals surface area (Å²) < 4.78 is 93.9. The number of ether oxygens (including phenoxy) is 1. The molecule has 1 amide bonds. The number of hydrogen-bond donors (Lipinski definition) is 0. The summed E-state index contributed by atoms with van der Waals surface area (Å²) in [4.78, 5) is 16.3. The van der Waals surface area contributed by atoms with E-state index >= 15 is 4.39 Å². The third kappa shape index (κ3) is 7.11. The maximum absolute atomic E-state index is 15.4. The summed E-state index contributed by atoms with van der Waals surface area (Å²) in [7, 11) is -4.09. The van der Waals surface area contributed by atoms with Crippen LogP contribution in [-0.4, -0.2) is 48.8 Å². The van der Waals surface area contributed by atoms with Crippen LogP contribution in [0.2, 0.25) is 10.0 Å². The van der Waals surface area contributed by atoms with Crippen molar-refractivity contribution in [3.63, 3.8) is 0 Å². The number of sulfonamides is 1. The maximum atomic E-state index is 15.4. The fourth-order valence-corrected chi connectivity index (χ4v) is 8.89. The van der Waals surface area contributed by atoms with Crippen molar-refractivity contribution in [1.82, 2.24) is 4.90 Å². The Morgan fingerprint density at radius 1 is 0.979 bits per heavy atom. The smallest absolute Gasteiger partial charge is 0.354 e. The SMILES string of the molecule is C=CC[C@]1(CC(F)(F)F)O[C@H](c2cccc(Cl)c2)[C@@H](c2ccc(Cl)cc2)N([C@@H](CN(c2ccccc2F)S(=O)(=O)C2CC2)C2CC2)C1=O. The highest BCUT2D eigenvalue weighted by molar-refractivity contribution is 7.93. The lowest BCUT2D eigenvalue weighted by Gasteiger charge is -2.53. The second kappa shape index (κ2) is 13.3. The zero-order chi connectivity index (χ0) is 34.4. The number of carbonyl (C=O) groups is 1. The first-order valence-corrected chi connectivity index (χ1v) is 18.0. The van der Waals surface area contributed by atoms with Crippen LogP contribution in [0.25, 0.3) is 0 Å². The summed E-state index contributed by atoms with van der Waals surface area (Å²) in [6, 6.07) is 16.5. The molecular weight excluding hydrogens is 691 g/mol. The molecule has 2 saturated carbocycles. The molecule has 1 saturated heterocycles. The van der Waals surface area contributed by atoms with Crippen molar-refractivity contribution in [2.24, 2.45) is 5.92 Å². The summed E-state index contributed by atoms with van der Waals surface area (Å²) in [6.45, 7) is 3.29. The Morgan fingerprint density at radius 2 is 1.67 bits per heavy atom. The van der Waals surface area contributed by atoms with E-state index in [4.69, 9.17) is 27.9 Å². The van der Waals surface area contributed by atoms with Crippen molar-refractivity contribution in [1.29, 1.82) is 0 Å². The highest BCUT2D eigenvalue weighted by Gasteiger charge is 2.60. The monoisotopic (exact) mass is 724 g/mol. The van der Waals surface area contributed by atoms with Gasteiger partial charge in [0, 0.05) is 16.5 Å². The number of alkyl halides is 3. The molecule has 0 unspecified atom stereocenters. The van der Waals surface area contributed by atoms with Gasteiger partial charge in [0.05, 0.1) is 36.0 Å². The Bertz CT molecular complexity index is 1780. The second-order valence-corrected chi connectivity index (χ2v) is 15.7. The number of carbonyl (C=O) groups excluding carboxylic acids is 1. The average Bonchev–Trinajstić information content (AvgIpc) is 3.94. The van der Waals surface area contributed by atoms with Crippen molar-refractivity contribution < 1.29 is 35.5 Å². The van der Waals surface area contributed by atoms with E-state index in [0.717, 1.165) is 10.4 Å². The molecule has 2 aliphatic carbocycles. The van der Waals surface area contributed by atoms with E-state index in [1.165, 1.54) is 29.2 Å². The fraction of sp³-hybridized carbons (Fsp3) is 0.400. The molecular formula is C35H34Cl2F4N2O4S. The molecule has 3 aromatic carbocycles. The summed E-state index contributed by atoms with van der Waals surface area (Å²) in [5.74, 6) is -2.00. The molecule has 4 atom stereocenters. The Morgan fingerprint density at radius 3 is 2.25 bits per heavy atom. The number of benzene rings is 3. The minimum absolute atomic E-state index is 0.183. The molecule has 0 bridgehead atoms. The van der Waals surface area contributed by atoms with Gasteiger partial charge in [-0.15, -0.1) is 6.58 Å². The number of anilines is 1. The lowest BCUT2D eigenvalue weighted by atomic mass is 9.83. The van der Waals surface area contributed by atoms with Gasteiger partial charge < -0.3 is 9.64 Å². The van der Waals surface area contributed by atoms with Gasteiger partial charge in [0.15, 0.2) is 5.60 Å². The summed E-state index contributed by atoms with van der Waals surface area (Å²) >= 11 is 12.6. The predicted molar refractivity (Wildman–Crippen MR) is 177 cm³/mol. The molecule has 6 rings (SSSR count). The van der Waals surface area contributed by atoms with E-state index in [-0.39, 0.29) is 18.2 Å². The van der Waals surface area contributed by atoms with Gasteiger partial charge >= 0.3 is 6.18 Å². The standard InChI is InChI=1S/C35H34Cl2F4N2O4S/c1-2-18-34(21-35(39,40)41)33(44)43(31(23-12-14-25(36)15-13-23)32(47-34)24-6-5-7-26(37)19-24)30(22-10-11-22)20-42(48(45,46)27-16-17-27)29-9-4-3-8-28(29)38/h2-9,12-15,19,22,27,30-32H,1,10-11,16-18,20-21H2/t30-,31+,32+,34+/m0/s1. The van der Waals surface area contributed by atoms with E-state index in [1.807, 2.05) is 0 Å². The molecule has 0 radical (unpaired) electrons. The number of hydrogen-bond acceptors (Lipinski definition) is 4. The van der Waals surface area contributed by atoms with Gasteiger partial charge in [-0.1, -0.05) is 65.7 Å². The molecule has 3 fully saturated rings. The van der Waals surface area contributed by atoms with E-state index in [0.29, 0.717) is 46.9 Å². The van der Waals surface area contributed by atoms with E-state index in [9.17, 15) is 26.4 Å². The number of para-hydroxylation sites is 1. The number of halogens is 6. The zero-order valence-electron chi connectivity index (χ0n) is 25.8. The van der Waals surface area contributed by atoms with Crippen LogP contribution >= 0.6 is 23.2 Å². The molecule has 6 nitrogen and oxygen atoms in total. The van der Waals surface area contributed by atoms with E-state index < -0.39 is 69.8 Å². The molecule has 1 aliphatic heterocycles. The quantitative estimate of drug-likeness (QED) is 0.138. The van der Waals surface area contributed by atoms with Gasteiger partial charge in [-0.2, -0.15) is 13.2 Å². The highest BCUT2D eigenvalue weighted by Crippen LogP contribution is 2.53. The summed E-state index contributed by atoms with van der Waals surface area (Å²) in [5.41, 5.74) is -1.69. The third-order valence-electron chi connectivity index (χ3n) is 9.16. The van der Waals surface area contributed by atoms with Crippen LogP contribution in [0.3, 0.4) is 0 Å². The first-order valence-electron chi connectivity index (χ1n) is 15.7. The predicted octanol–water partition coefficient (Wildman–Crippen LogP) is 8.82.